The molecule has 20 heavy (non-hydrogen) atoms. The first-order chi connectivity index (χ1) is 8.85. The van der Waals surface area contributed by atoms with Crippen LogP contribution in [0, 0.1) is 5.92 Å². The fourth-order valence-electron chi connectivity index (χ4n) is 3.22. The van der Waals surface area contributed by atoms with Crippen molar-refractivity contribution < 1.29 is 14.3 Å². The number of rotatable bonds is 5. The SMILES string of the molecule is CC(=O)CC=C1C(C(C)(C)O)CCC1(C)O[Si](C)(C)C. The molecular weight excluding hydrogens is 268 g/mol. The van der Waals surface area contributed by atoms with Crippen molar-refractivity contribution in [3.8, 4) is 0 Å². The predicted octanol–water partition coefficient (Wildman–Crippen LogP) is 3.68. The fraction of sp³-hybridized carbons (Fsp3) is 0.812. The lowest BCUT2D eigenvalue weighted by atomic mass is 9.83. The second-order valence-electron chi connectivity index (χ2n) is 7.76. The van der Waals surface area contributed by atoms with Gasteiger partial charge in [-0.3, -0.25) is 4.79 Å². The number of Topliss-reactive ketones (excluding diaryl/α,β-unsaturated/α-hetero) is 1. The summed E-state index contributed by atoms with van der Waals surface area (Å²) in [7, 11) is -1.69. The third kappa shape index (κ3) is 4.54. The minimum Gasteiger partial charge on any atom is -0.409 e. The van der Waals surface area contributed by atoms with Crippen molar-refractivity contribution in [3.05, 3.63) is 11.6 Å². The van der Waals surface area contributed by atoms with Crippen LogP contribution in [-0.2, 0) is 9.22 Å². The van der Waals surface area contributed by atoms with Gasteiger partial charge in [-0.2, -0.15) is 0 Å². The molecule has 0 bridgehead atoms. The molecule has 0 heterocycles. The Morgan fingerprint density at radius 1 is 1.50 bits per heavy atom. The molecule has 1 aliphatic carbocycles. The summed E-state index contributed by atoms with van der Waals surface area (Å²) in [6.07, 6.45) is 4.24. The Kier molecular flexibility index (Phi) is 5.05. The van der Waals surface area contributed by atoms with Gasteiger partial charge in [-0.25, -0.2) is 0 Å². The molecule has 3 nitrogen and oxygen atoms in total. The molecule has 0 radical (unpaired) electrons. The van der Waals surface area contributed by atoms with Gasteiger partial charge in [0.25, 0.3) is 0 Å². The first-order valence-electron chi connectivity index (χ1n) is 7.48. The van der Waals surface area contributed by atoms with Gasteiger partial charge in [-0.05, 0) is 65.8 Å². The Hall–Kier alpha value is -0.453. The monoisotopic (exact) mass is 298 g/mol. The molecule has 0 amide bonds. The first kappa shape index (κ1) is 17.6. The van der Waals surface area contributed by atoms with Gasteiger partial charge >= 0.3 is 0 Å². The molecule has 1 rings (SSSR count). The van der Waals surface area contributed by atoms with E-state index in [1.807, 2.05) is 19.9 Å². The minimum absolute atomic E-state index is 0.0724. The Labute approximate surface area is 124 Å². The largest absolute Gasteiger partial charge is 0.409 e. The number of ketones is 1. The zero-order valence-corrected chi connectivity index (χ0v) is 15.0. The van der Waals surface area contributed by atoms with Gasteiger partial charge in [0.1, 0.15) is 5.78 Å². The van der Waals surface area contributed by atoms with Crippen molar-refractivity contribution in [1.82, 2.24) is 0 Å². The first-order valence-corrected chi connectivity index (χ1v) is 10.9. The smallest absolute Gasteiger partial charge is 0.184 e. The second-order valence-corrected chi connectivity index (χ2v) is 12.2. The minimum atomic E-state index is -1.69. The third-order valence-corrected chi connectivity index (χ3v) is 4.95. The Bertz CT molecular complexity index is 401. The molecule has 2 atom stereocenters. The number of allylic oxidation sites excluding steroid dienone is 1. The van der Waals surface area contributed by atoms with Gasteiger partial charge in [-0.15, -0.1) is 0 Å². The van der Waals surface area contributed by atoms with Crippen molar-refractivity contribution in [2.75, 3.05) is 0 Å². The highest BCUT2D eigenvalue weighted by Gasteiger charge is 2.47. The van der Waals surface area contributed by atoms with E-state index in [1.165, 1.54) is 0 Å². The summed E-state index contributed by atoms with van der Waals surface area (Å²) in [5.41, 5.74) is 0.0101. The zero-order chi connectivity index (χ0) is 15.8. The summed E-state index contributed by atoms with van der Waals surface area (Å²) in [5.74, 6) is 0.220. The highest BCUT2D eigenvalue weighted by molar-refractivity contribution is 6.69. The van der Waals surface area contributed by atoms with E-state index in [1.54, 1.807) is 6.92 Å². The third-order valence-electron chi connectivity index (χ3n) is 3.89. The zero-order valence-electron chi connectivity index (χ0n) is 14.0. The van der Waals surface area contributed by atoms with E-state index in [9.17, 15) is 9.90 Å². The Morgan fingerprint density at radius 3 is 2.45 bits per heavy atom. The van der Waals surface area contributed by atoms with E-state index >= 15 is 0 Å². The van der Waals surface area contributed by atoms with Crippen LogP contribution in [0.1, 0.15) is 47.0 Å². The molecule has 0 aromatic heterocycles. The van der Waals surface area contributed by atoms with Crippen LogP contribution >= 0.6 is 0 Å². The van der Waals surface area contributed by atoms with E-state index in [-0.39, 0.29) is 17.3 Å². The highest BCUT2D eigenvalue weighted by Crippen LogP contribution is 2.48. The normalized spacial score (nSPS) is 30.0. The summed E-state index contributed by atoms with van der Waals surface area (Å²) in [6.45, 7) is 13.9. The summed E-state index contributed by atoms with van der Waals surface area (Å²) in [4.78, 5) is 11.3. The van der Waals surface area contributed by atoms with E-state index in [0.717, 1.165) is 18.4 Å². The van der Waals surface area contributed by atoms with Crippen molar-refractivity contribution in [2.24, 2.45) is 5.92 Å². The standard InChI is InChI=1S/C16H30O3Si/c1-12(17)8-9-14-13(15(2,3)18)10-11-16(14,4)19-20(5,6)7/h9,13,18H,8,10-11H2,1-7H3. The molecule has 0 spiro atoms. The van der Waals surface area contributed by atoms with Gasteiger partial charge in [0, 0.05) is 12.3 Å². The van der Waals surface area contributed by atoms with Crippen LogP contribution in [0.4, 0.5) is 0 Å². The van der Waals surface area contributed by atoms with Crippen LogP contribution in [0.5, 0.6) is 0 Å². The number of hydrogen-bond acceptors (Lipinski definition) is 3. The summed E-state index contributed by atoms with van der Waals surface area (Å²) < 4.78 is 6.40. The molecule has 1 fully saturated rings. The number of carbonyl (C=O) groups is 1. The van der Waals surface area contributed by atoms with Crippen LogP contribution < -0.4 is 0 Å². The van der Waals surface area contributed by atoms with Crippen LogP contribution in [0.25, 0.3) is 0 Å². The Balaban J connectivity index is 3.12. The molecule has 1 aliphatic rings. The second kappa shape index (κ2) is 5.74. The molecule has 4 heteroatoms. The lowest BCUT2D eigenvalue weighted by Gasteiger charge is -2.37. The van der Waals surface area contributed by atoms with Crippen LogP contribution in [0.15, 0.2) is 11.6 Å². The quantitative estimate of drug-likeness (QED) is 0.622. The van der Waals surface area contributed by atoms with E-state index in [0.29, 0.717) is 6.42 Å². The number of carbonyl (C=O) groups excluding carboxylic acids is 1. The maximum absolute atomic E-state index is 11.3. The van der Waals surface area contributed by atoms with Crippen molar-refractivity contribution in [3.63, 3.8) is 0 Å². The molecule has 0 aromatic rings. The molecule has 1 N–H and O–H groups in total. The van der Waals surface area contributed by atoms with Crippen molar-refractivity contribution in [1.29, 1.82) is 0 Å². The van der Waals surface area contributed by atoms with Crippen molar-refractivity contribution in [2.45, 2.75) is 77.8 Å². The molecule has 0 aromatic carbocycles. The molecule has 2 unspecified atom stereocenters. The molecular formula is C16H30O3Si. The molecule has 0 saturated heterocycles. The average Bonchev–Trinajstić information content (AvgIpc) is 2.48. The summed E-state index contributed by atoms with van der Waals surface area (Å²) in [6, 6.07) is 0. The highest BCUT2D eigenvalue weighted by atomic mass is 28.4. The summed E-state index contributed by atoms with van der Waals surface area (Å²) in [5, 5.41) is 10.4. The number of hydrogen-bond donors (Lipinski definition) is 1. The van der Waals surface area contributed by atoms with Gasteiger partial charge in [0.2, 0.25) is 0 Å². The maximum Gasteiger partial charge on any atom is 0.184 e. The average molecular weight is 298 g/mol. The molecule has 1 saturated carbocycles. The lowest BCUT2D eigenvalue weighted by Crippen LogP contribution is -2.42. The van der Waals surface area contributed by atoms with Gasteiger partial charge < -0.3 is 9.53 Å². The maximum atomic E-state index is 11.3. The van der Waals surface area contributed by atoms with Crippen LogP contribution in [-0.4, -0.2) is 30.4 Å². The van der Waals surface area contributed by atoms with Crippen molar-refractivity contribution >= 4 is 14.1 Å². The van der Waals surface area contributed by atoms with E-state index in [4.69, 9.17) is 4.43 Å². The molecule has 0 aliphatic heterocycles. The topological polar surface area (TPSA) is 46.5 Å². The Morgan fingerprint density at radius 2 is 2.05 bits per heavy atom. The van der Waals surface area contributed by atoms with E-state index in [2.05, 4.69) is 26.6 Å². The van der Waals surface area contributed by atoms with Gasteiger partial charge in [0.15, 0.2) is 8.32 Å². The molecule has 116 valence electrons. The van der Waals surface area contributed by atoms with Gasteiger partial charge in [0.05, 0.1) is 11.2 Å². The van der Waals surface area contributed by atoms with E-state index < -0.39 is 13.9 Å². The summed E-state index contributed by atoms with van der Waals surface area (Å²) >= 11 is 0. The fourth-order valence-corrected chi connectivity index (χ4v) is 4.79. The van der Waals surface area contributed by atoms with Gasteiger partial charge in [-0.1, -0.05) is 6.08 Å². The number of aliphatic hydroxyl groups is 1. The van der Waals surface area contributed by atoms with Crippen LogP contribution in [0.2, 0.25) is 19.6 Å². The predicted molar refractivity (Wildman–Crippen MR) is 85.2 cm³/mol. The lowest BCUT2D eigenvalue weighted by molar-refractivity contribution is -0.116. The van der Waals surface area contributed by atoms with Crippen LogP contribution in [0.3, 0.4) is 0 Å².